The summed E-state index contributed by atoms with van der Waals surface area (Å²) in [5.74, 6) is -2.16. The average molecular weight is 473 g/mol. The Morgan fingerprint density at radius 1 is 1.24 bits per heavy atom. The van der Waals surface area contributed by atoms with Crippen LogP contribution < -0.4 is 31.7 Å². The molecule has 1 amide bonds. The Morgan fingerprint density at radius 3 is 2.56 bits per heavy atom. The third kappa shape index (κ3) is 5.74. The van der Waals surface area contributed by atoms with E-state index < -0.39 is 23.9 Å². The van der Waals surface area contributed by atoms with E-state index in [2.05, 4.69) is 31.2 Å². The van der Waals surface area contributed by atoms with Gasteiger partial charge in [-0.2, -0.15) is 4.98 Å². The molecule has 0 bridgehead atoms. The van der Waals surface area contributed by atoms with Crippen molar-refractivity contribution in [3.05, 3.63) is 40.2 Å². The summed E-state index contributed by atoms with van der Waals surface area (Å²) in [5.41, 5.74) is 1.16. The number of amides is 1. The second-order valence-corrected chi connectivity index (χ2v) is 7.76. The van der Waals surface area contributed by atoms with E-state index in [4.69, 9.17) is 5.11 Å². The van der Waals surface area contributed by atoms with Crippen molar-refractivity contribution >= 4 is 41.0 Å². The molecule has 182 valence electrons. The minimum atomic E-state index is -1.30. The lowest BCUT2D eigenvalue weighted by Crippen LogP contribution is -2.48. The second-order valence-electron chi connectivity index (χ2n) is 7.76. The number of hydrogen-bond acceptors (Lipinski definition) is 9. The molecule has 0 saturated carbocycles. The molecular formula is C21H27N7O6. The number of carbonyl (C=O) groups excluding carboxylic acids is 1. The van der Waals surface area contributed by atoms with E-state index in [0.717, 1.165) is 5.69 Å². The topological polar surface area (TPSA) is 189 Å². The fraction of sp³-hybridized carbons (Fsp3) is 0.381. The predicted octanol–water partition coefficient (Wildman–Crippen LogP) is 0.202. The van der Waals surface area contributed by atoms with Crippen molar-refractivity contribution in [1.82, 2.24) is 15.3 Å². The van der Waals surface area contributed by atoms with Crippen molar-refractivity contribution in [1.29, 1.82) is 0 Å². The van der Waals surface area contributed by atoms with Gasteiger partial charge in [-0.3, -0.25) is 19.4 Å². The smallest absolute Gasteiger partial charge is 0.326 e. The Kier molecular flexibility index (Phi) is 7.56. The standard InChI is InChI=1S/C21H27N7O6/c1-22-21-26-17-16(19(32)27-21)28(2)13(10-24-17)9-23-12-5-3-11(4-6-12)18(31)25-14(20(33)34)7-8-15(29)30/h3-6,13-14,23H,7-10H2,1-2H3,(H,25,31)(H,29,30)(H,33,34)(H3,22,24,26,27,32)/t13?,14-/m1/s1. The SMILES string of the molecule is CNc1nc2c(c(=O)[nH]1)N(C)C(CNc1ccc(C(=O)N[C@H](CCC(=O)O)C(=O)O)cc1)CN2. The molecule has 2 heterocycles. The molecule has 3 rings (SSSR count). The number of aromatic amines is 1. The molecule has 0 fully saturated rings. The van der Waals surface area contributed by atoms with Gasteiger partial charge in [-0.25, -0.2) is 4.79 Å². The van der Waals surface area contributed by atoms with Gasteiger partial charge >= 0.3 is 11.9 Å². The zero-order chi connectivity index (χ0) is 24.8. The molecule has 1 aromatic heterocycles. The number of aromatic nitrogens is 2. The molecule has 1 aromatic carbocycles. The minimum absolute atomic E-state index is 0.0515. The van der Waals surface area contributed by atoms with Gasteiger partial charge in [0.1, 0.15) is 11.7 Å². The van der Waals surface area contributed by atoms with Crippen molar-refractivity contribution in [2.45, 2.75) is 24.9 Å². The number of nitrogens with one attached hydrogen (secondary N) is 5. The van der Waals surface area contributed by atoms with E-state index in [1.807, 2.05) is 11.9 Å². The Hall–Kier alpha value is -4.29. The maximum atomic E-state index is 12.4. The lowest BCUT2D eigenvalue weighted by Gasteiger charge is -2.35. The summed E-state index contributed by atoms with van der Waals surface area (Å²) in [6.45, 7) is 1.06. The van der Waals surface area contributed by atoms with Crippen LogP contribution in [0.1, 0.15) is 23.2 Å². The number of likely N-dealkylation sites (N-methyl/N-ethyl adjacent to an activating group) is 1. The molecule has 0 radical (unpaired) electrons. The van der Waals surface area contributed by atoms with Gasteiger partial charge < -0.3 is 36.4 Å². The average Bonchev–Trinajstić information content (AvgIpc) is 2.80. The lowest BCUT2D eigenvalue weighted by atomic mass is 10.1. The van der Waals surface area contributed by atoms with Crippen molar-refractivity contribution in [3.8, 4) is 0 Å². The van der Waals surface area contributed by atoms with Gasteiger partial charge in [0.25, 0.3) is 11.5 Å². The summed E-state index contributed by atoms with van der Waals surface area (Å²) >= 11 is 0. The van der Waals surface area contributed by atoms with Crippen LogP contribution in [0.5, 0.6) is 0 Å². The molecule has 1 unspecified atom stereocenters. The van der Waals surface area contributed by atoms with Gasteiger partial charge in [0, 0.05) is 44.9 Å². The van der Waals surface area contributed by atoms with E-state index in [0.29, 0.717) is 30.5 Å². The normalized spacial score (nSPS) is 15.5. The number of benzene rings is 1. The van der Waals surface area contributed by atoms with Crippen LogP contribution in [0.15, 0.2) is 29.1 Å². The van der Waals surface area contributed by atoms with Crippen LogP contribution in [-0.4, -0.2) is 77.3 Å². The van der Waals surface area contributed by atoms with Crippen LogP contribution in [0.2, 0.25) is 0 Å². The summed E-state index contributed by atoms with van der Waals surface area (Å²) in [5, 5.41) is 29.5. The van der Waals surface area contributed by atoms with Crippen molar-refractivity contribution in [2.24, 2.45) is 0 Å². The molecule has 2 atom stereocenters. The second kappa shape index (κ2) is 10.6. The summed E-state index contributed by atoms with van der Waals surface area (Å²) in [4.78, 5) is 55.6. The molecule has 1 aliphatic rings. The summed E-state index contributed by atoms with van der Waals surface area (Å²) in [6.07, 6.45) is -0.579. The summed E-state index contributed by atoms with van der Waals surface area (Å²) in [6, 6.07) is 5.10. The van der Waals surface area contributed by atoms with Gasteiger partial charge in [0.2, 0.25) is 5.95 Å². The molecule has 13 heteroatoms. The van der Waals surface area contributed by atoms with Crippen molar-refractivity contribution in [3.63, 3.8) is 0 Å². The summed E-state index contributed by atoms with van der Waals surface area (Å²) < 4.78 is 0. The van der Waals surface area contributed by atoms with Crippen LogP contribution in [0.3, 0.4) is 0 Å². The van der Waals surface area contributed by atoms with Gasteiger partial charge in [-0.05, 0) is 30.7 Å². The molecule has 1 aliphatic heterocycles. The number of carbonyl (C=O) groups is 3. The first kappa shape index (κ1) is 24.4. The highest BCUT2D eigenvalue weighted by molar-refractivity contribution is 5.97. The van der Waals surface area contributed by atoms with E-state index in [-0.39, 0.29) is 30.0 Å². The first-order valence-electron chi connectivity index (χ1n) is 10.6. The molecule has 13 nitrogen and oxygen atoms in total. The van der Waals surface area contributed by atoms with Gasteiger partial charge in [0.15, 0.2) is 5.82 Å². The van der Waals surface area contributed by atoms with E-state index in [1.54, 1.807) is 31.3 Å². The molecule has 0 aliphatic carbocycles. The highest BCUT2D eigenvalue weighted by Crippen LogP contribution is 2.25. The lowest BCUT2D eigenvalue weighted by molar-refractivity contribution is -0.140. The molecule has 2 aromatic rings. The highest BCUT2D eigenvalue weighted by Gasteiger charge is 2.27. The van der Waals surface area contributed by atoms with E-state index in [9.17, 15) is 24.3 Å². The predicted molar refractivity (Wildman–Crippen MR) is 126 cm³/mol. The van der Waals surface area contributed by atoms with Crippen LogP contribution in [0.25, 0.3) is 0 Å². The maximum absolute atomic E-state index is 12.4. The van der Waals surface area contributed by atoms with Crippen LogP contribution in [0.4, 0.5) is 23.1 Å². The van der Waals surface area contributed by atoms with Crippen molar-refractivity contribution < 1.29 is 24.6 Å². The van der Waals surface area contributed by atoms with E-state index >= 15 is 0 Å². The number of nitrogens with zero attached hydrogens (tertiary/aromatic N) is 2. The largest absolute Gasteiger partial charge is 0.481 e. The van der Waals surface area contributed by atoms with Crippen LogP contribution >= 0.6 is 0 Å². The quantitative estimate of drug-likeness (QED) is 0.250. The van der Waals surface area contributed by atoms with Gasteiger partial charge in [0.05, 0.1) is 6.04 Å². The first-order chi connectivity index (χ1) is 16.2. The number of carboxylic acids is 2. The number of fused-ring (bicyclic) bond motifs is 1. The zero-order valence-electron chi connectivity index (χ0n) is 18.7. The number of carboxylic acid groups (broad SMARTS) is 2. The third-order valence-corrected chi connectivity index (χ3v) is 5.48. The molecule has 34 heavy (non-hydrogen) atoms. The zero-order valence-corrected chi connectivity index (χ0v) is 18.7. The van der Waals surface area contributed by atoms with E-state index in [1.165, 1.54) is 0 Å². The van der Waals surface area contributed by atoms with Crippen LogP contribution in [-0.2, 0) is 9.59 Å². The third-order valence-electron chi connectivity index (χ3n) is 5.48. The first-order valence-corrected chi connectivity index (χ1v) is 10.6. The fourth-order valence-corrected chi connectivity index (χ4v) is 3.52. The molecular weight excluding hydrogens is 446 g/mol. The monoisotopic (exact) mass is 473 g/mol. The summed E-state index contributed by atoms with van der Waals surface area (Å²) in [7, 11) is 3.49. The minimum Gasteiger partial charge on any atom is -0.481 e. The maximum Gasteiger partial charge on any atom is 0.326 e. The Bertz CT molecular complexity index is 1120. The Balaban J connectivity index is 1.59. The number of H-pyrrole nitrogens is 1. The Labute approximate surface area is 194 Å². The number of hydrogen-bond donors (Lipinski definition) is 7. The number of aliphatic carboxylic acids is 2. The van der Waals surface area contributed by atoms with Crippen molar-refractivity contribution in [2.75, 3.05) is 48.0 Å². The molecule has 7 N–H and O–H groups in total. The van der Waals surface area contributed by atoms with Gasteiger partial charge in [-0.1, -0.05) is 0 Å². The number of anilines is 4. The van der Waals surface area contributed by atoms with Crippen LogP contribution in [0, 0.1) is 0 Å². The van der Waals surface area contributed by atoms with Gasteiger partial charge in [-0.15, -0.1) is 0 Å². The fourth-order valence-electron chi connectivity index (χ4n) is 3.52. The molecule has 0 spiro atoms. The number of rotatable bonds is 10. The Morgan fingerprint density at radius 2 is 1.94 bits per heavy atom. The molecule has 0 saturated heterocycles. The highest BCUT2D eigenvalue weighted by atomic mass is 16.4.